The van der Waals surface area contributed by atoms with Crippen LogP contribution in [0.5, 0.6) is 5.75 Å². The van der Waals surface area contributed by atoms with Gasteiger partial charge in [0.1, 0.15) is 5.75 Å². The third-order valence-electron chi connectivity index (χ3n) is 3.63. The molecule has 1 aromatic rings. The molecule has 0 saturated heterocycles. The molecule has 2 atom stereocenters. The molecule has 0 aliphatic heterocycles. The van der Waals surface area contributed by atoms with Gasteiger partial charge in [0.15, 0.2) is 6.61 Å². The molecular weight excluding hydrogens is 256 g/mol. The lowest BCUT2D eigenvalue weighted by molar-refractivity contribution is -0.125. The summed E-state index contributed by atoms with van der Waals surface area (Å²) in [6.07, 6.45) is 3.20. The highest BCUT2D eigenvalue weighted by Gasteiger charge is 2.24. The summed E-state index contributed by atoms with van der Waals surface area (Å²) in [4.78, 5) is 11.9. The predicted octanol–water partition coefficient (Wildman–Crippen LogP) is 0.944. The summed E-state index contributed by atoms with van der Waals surface area (Å²) in [5, 5.41) is 12.6. The Bertz CT molecular complexity index is 450. The normalized spacial score (nSPS) is 22.3. The fraction of sp³-hybridized carbons (Fsp3) is 0.533. The Hall–Kier alpha value is -1.59. The fourth-order valence-corrected chi connectivity index (χ4v) is 2.48. The van der Waals surface area contributed by atoms with Crippen molar-refractivity contribution >= 4 is 5.91 Å². The van der Waals surface area contributed by atoms with Gasteiger partial charge in [-0.05, 0) is 18.9 Å². The van der Waals surface area contributed by atoms with E-state index < -0.39 is 6.10 Å². The number of amides is 1. The molecule has 1 aliphatic rings. The van der Waals surface area contributed by atoms with Gasteiger partial charge in [0.05, 0.1) is 12.1 Å². The zero-order valence-electron chi connectivity index (χ0n) is 11.5. The molecule has 2 rings (SSSR count). The molecule has 0 aromatic heterocycles. The van der Waals surface area contributed by atoms with E-state index in [4.69, 9.17) is 10.5 Å². The molecule has 1 fully saturated rings. The maximum Gasteiger partial charge on any atom is 0.258 e. The van der Waals surface area contributed by atoms with Crippen molar-refractivity contribution in [2.24, 2.45) is 5.73 Å². The van der Waals surface area contributed by atoms with E-state index in [2.05, 4.69) is 5.32 Å². The lowest BCUT2D eigenvalue weighted by Crippen LogP contribution is -2.46. The number of ether oxygens (including phenoxy) is 1. The Morgan fingerprint density at radius 1 is 1.35 bits per heavy atom. The highest BCUT2D eigenvalue weighted by Crippen LogP contribution is 2.19. The van der Waals surface area contributed by atoms with Gasteiger partial charge in [-0.15, -0.1) is 0 Å². The van der Waals surface area contributed by atoms with Crippen molar-refractivity contribution in [3.63, 3.8) is 0 Å². The Morgan fingerprint density at radius 2 is 2.10 bits per heavy atom. The summed E-state index contributed by atoms with van der Waals surface area (Å²) < 4.78 is 5.49. The number of rotatable bonds is 5. The molecule has 0 spiro atoms. The van der Waals surface area contributed by atoms with Crippen molar-refractivity contribution in [3.05, 3.63) is 29.8 Å². The van der Waals surface area contributed by atoms with E-state index in [1.54, 1.807) is 6.07 Å². The van der Waals surface area contributed by atoms with Crippen LogP contribution in [0.3, 0.4) is 0 Å². The summed E-state index contributed by atoms with van der Waals surface area (Å²) in [5.74, 6) is 0.428. The summed E-state index contributed by atoms with van der Waals surface area (Å²) >= 11 is 0. The largest absolute Gasteiger partial charge is 0.483 e. The van der Waals surface area contributed by atoms with E-state index >= 15 is 0 Å². The number of benzene rings is 1. The van der Waals surface area contributed by atoms with E-state index in [0.29, 0.717) is 12.3 Å². The number of para-hydroxylation sites is 1. The second-order valence-electron chi connectivity index (χ2n) is 5.13. The third-order valence-corrected chi connectivity index (χ3v) is 3.63. The first-order chi connectivity index (χ1) is 9.70. The Morgan fingerprint density at radius 3 is 2.85 bits per heavy atom. The van der Waals surface area contributed by atoms with Gasteiger partial charge in [-0.1, -0.05) is 31.0 Å². The summed E-state index contributed by atoms with van der Waals surface area (Å²) in [6.45, 7) is 0.319. The molecule has 20 heavy (non-hydrogen) atoms. The number of carbonyl (C=O) groups excluding carboxylic acids is 1. The van der Waals surface area contributed by atoms with Gasteiger partial charge in [-0.2, -0.15) is 0 Å². The van der Waals surface area contributed by atoms with Gasteiger partial charge >= 0.3 is 0 Å². The molecule has 0 radical (unpaired) electrons. The smallest absolute Gasteiger partial charge is 0.258 e. The highest BCUT2D eigenvalue weighted by atomic mass is 16.5. The van der Waals surface area contributed by atoms with Crippen LogP contribution >= 0.6 is 0 Å². The number of carbonyl (C=O) groups is 1. The third kappa shape index (κ3) is 3.95. The van der Waals surface area contributed by atoms with E-state index in [1.807, 2.05) is 18.2 Å². The zero-order chi connectivity index (χ0) is 14.4. The standard InChI is InChI=1S/C15H22N2O3/c16-9-11-5-1-4-8-14(11)20-10-15(19)17-12-6-2-3-7-13(12)18/h1,4-5,8,12-13,18H,2-3,6-7,9-10,16H2,(H,17,19). The van der Waals surface area contributed by atoms with Gasteiger partial charge in [0.2, 0.25) is 0 Å². The molecule has 5 heteroatoms. The van der Waals surface area contributed by atoms with E-state index in [1.165, 1.54) is 0 Å². The molecule has 1 aromatic carbocycles. The number of aliphatic hydroxyl groups excluding tert-OH is 1. The molecule has 0 heterocycles. The minimum Gasteiger partial charge on any atom is -0.483 e. The summed E-state index contributed by atoms with van der Waals surface area (Å²) in [7, 11) is 0. The number of nitrogens with one attached hydrogen (secondary N) is 1. The fourth-order valence-electron chi connectivity index (χ4n) is 2.48. The minimum absolute atomic E-state index is 0.0553. The first-order valence-corrected chi connectivity index (χ1v) is 7.09. The topological polar surface area (TPSA) is 84.6 Å². The highest BCUT2D eigenvalue weighted by molar-refractivity contribution is 5.78. The van der Waals surface area contributed by atoms with E-state index in [-0.39, 0.29) is 18.6 Å². The van der Waals surface area contributed by atoms with Gasteiger partial charge in [-0.3, -0.25) is 4.79 Å². The molecule has 110 valence electrons. The predicted molar refractivity (Wildman–Crippen MR) is 76.2 cm³/mol. The van der Waals surface area contributed by atoms with Crippen molar-refractivity contribution < 1.29 is 14.6 Å². The van der Waals surface area contributed by atoms with Gasteiger partial charge < -0.3 is 20.9 Å². The van der Waals surface area contributed by atoms with Crippen LogP contribution < -0.4 is 15.8 Å². The maximum absolute atomic E-state index is 11.9. The van der Waals surface area contributed by atoms with Crippen LogP contribution in [0.1, 0.15) is 31.2 Å². The molecule has 0 bridgehead atoms. The summed E-state index contributed by atoms with van der Waals surface area (Å²) in [5.41, 5.74) is 6.48. The lowest BCUT2D eigenvalue weighted by Gasteiger charge is -2.28. The Balaban J connectivity index is 1.82. The second kappa shape index (κ2) is 7.26. The monoisotopic (exact) mass is 278 g/mol. The molecule has 1 aliphatic carbocycles. The van der Waals surface area contributed by atoms with Gasteiger partial charge in [0, 0.05) is 12.1 Å². The molecule has 5 nitrogen and oxygen atoms in total. The van der Waals surface area contributed by atoms with Crippen LogP contribution in [0.25, 0.3) is 0 Å². The molecular formula is C15H22N2O3. The molecule has 2 unspecified atom stereocenters. The van der Waals surface area contributed by atoms with Gasteiger partial charge in [-0.25, -0.2) is 0 Å². The van der Waals surface area contributed by atoms with Crippen LogP contribution in [0.4, 0.5) is 0 Å². The van der Waals surface area contributed by atoms with Crippen LogP contribution in [0.2, 0.25) is 0 Å². The van der Waals surface area contributed by atoms with Gasteiger partial charge in [0.25, 0.3) is 5.91 Å². The van der Waals surface area contributed by atoms with Crippen molar-refractivity contribution in [2.45, 2.75) is 44.4 Å². The van der Waals surface area contributed by atoms with Crippen molar-refractivity contribution in [2.75, 3.05) is 6.61 Å². The Labute approximate surface area is 119 Å². The van der Waals surface area contributed by atoms with E-state index in [9.17, 15) is 9.90 Å². The SMILES string of the molecule is NCc1ccccc1OCC(=O)NC1CCCCC1O. The maximum atomic E-state index is 11.9. The molecule has 4 N–H and O–H groups in total. The van der Waals surface area contributed by atoms with Crippen LogP contribution in [0.15, 0.2) is 24.3 Å². The van der Waals surface area contributed by atoms with Crippen LogP contribution in [-0.2, 0) is 11.3 Å². The quantitative estimate of drug-likeness (QED) is 0.748. The Kier molecular flexibility index (Phi) is 5.38. The first-order valence-electron chi connectivity index (χ1n) is 7.09. The number of hydrogen-bond donors (Lipinski definition) is 3. The number of hydrogen-bond acceptors (Lipinski definition) is 4. The van der Waals surface area contributed by atoms with E-state index in [0.717, 1.165) is 31.2 Å². The number of nitrogens with two attached hydrogens (primary N) is 1. The van der Waals surface area contributed by atoms with Crippen LogP contribution in [0, 0.1) is 0 Å². The molecule has 1 amide bonds. The average molecular weight is 278 g/mol. The molecule has 1 saturated carbocycles. The van der Waals surface area contributed by atoms with Crippen LogP contribution in [-0.4, -0.2) is 29.8 Å². The second-order valence-corrected chi connectivity index (χ2v) is 5.13. The van der Waals surface area contributed by atoms with Crippen molar-refractivity contribution in [1.82, 2.24) is 5.32 Å². The minimum atomic E-state index is -0.441. The average Bonchev–Trinajstić information content (AvgIpc) is 2.48. The summed E-state index contributed by atoms with van der Waals surface area (Å²) in [6, 6.07) is 7.25. The number of aliphatic hydroxyl groups is 1. The van der Waals surface area contributed by atoms with Crippen molar-refractivity contribution in [1.29, 1.82) is 0 Å². The zero-order valence-corrected chi connectivity index (χ0v) is 11.5. The van der Waals surface area contributed by atoms with Crippen molar-refractivity contribution in [3.8, 4) is 5.75 Å². The lowest BCUT2D eigenvalue weighted by atomic mass is 9.92. The first kappa shape index (κ1) is 14.8.